The third-order valence-corrected chi connectivity index (χ3v) is 6.61. The van der Waals surface area contributed by atoms with Crippen molar-refractivity contribution in [3.05, 3.63) is 54.1 Å². The molecule has 1 aliphatic heterocycles. The highest BCUT2D eigenvalue weighted by Gasteiger charge is 2.45. The minimum absolute atomic E-state index is 0.0734. The van der Waals surface area contributed by atoms with E-state index in [1.54, 1.807) is 0 Å². The third kappa shape index (κ3) is 8.69. The lowest BCUT2D eigenvalue weighted by Crippen LogP contribution is -2.49. The van der Waals surface area contributed by atoms with E-state index in [1.807, 2.05) is 36.6 Å². The van der Waals surface area contributed by atoms with Crippen molar-refractivity contribution in [3.63, 3.8) is 0 Å². The van der Waals surface area contributed by atoms with E-state index in [2.05, 4.69) is 29.2 Å². The van der Waals surface area contributed by atoms with E-state index in [1.165, 1.54) is 11.8 Å². The fraction of sp³-hybridized carbons (Fsp3) is 0.556. The van der Waals surface area contributed by atoms with Crippen LogP contribution in [-0.4, -0.2) is 73.9 Å². The fourth-order valence-electron chi connectivity index (χ4n) is 4.62. The zero-order chi connectivity index (χ0) is 24.0. The molecule has 34 heavy (non-hydrogen) atoms. The number of esters is 1. The first-order valence-electron chi connectivity index (χ1n) is 12.2. The normalized spacial score (nSPS) is 23.8. The largest absolute Gasteiger partial charge is 0.455 e. The highest BCUT2D eigenvalue weighted by molar-refractivity contribution is 7.98. The van der Waals surface area contributed by atoms with Crippen molar-refractivity contribution in [2.24, 2.45) is 5.92 Å². The lowest BCUT2D eigenvalue weighted by atomic mass is 9.93. The number of ether oxygens (including phenoxy) is 3. The second-order valence-corrected chi connectivity index (χ2v) is 9.44. The molecule has 7 heteroatoms. The number of benzene rings is 1. The Morgan fingerprint density at radius 2 is 1.91 bits per heavy atom. The van der Waals surface area contributed by atoms with Gasteiger partial charge in [0.05, 0.1) is 32.0 Å². The standard InChI is InChI=1S/C27H37NO5S/c1-34-21-33-26(30)14-8-3-2-7-13-23-25(32-17-9-12-22-10-5-4-6-11-22)20-24(29)27(23)28-15-18-31-19-16-28/h2-6,9-12,23,25,27H,7-8,13-21H2,1H3/b3-2-,12-9+/t23?,25-,27+/m0/s1. The molecule has 1 unspecified atom stereocenters. The Morgan fingerprint density at radius 3 is 2.68 bits per heavy atom. The number of carbonyl (C=O) groups excluding carboxylic acids is 2. The summed E-state index contributed by atoms with van der Waals surface area (Å²) < 4.78 is 16.8. The highest BCUT2D eigenvalue weighted by atomic mass is 32.2. The van der Waals surface area contributed by atoms with Crippen molar-refractivity contribution in [1.29, 1.82) is 0 Å². The molecule has 0 radical (unpaired) electrons. The SMILES string of the molecule is CSCOC(=O)CC/C=C\CCC1[C@@H](OC/C=C/c2ccccc2)CC(=O)[C@@H]1N1CCOCC1. The summed E-state index contributed by atoms with van der Waals surface area (Å²) in [4.78, 5) is 26.9. The van der Waals surface area contributed by atoms with E-state index in [9.17, 15) is 9.59 Å². The minimum Gasteiger partial charge on any atom is -0.455 e. The van der Waals surface area contributed by atoms with Gasteiger partial charge in [0.15, 0.2) is 5.78 Å². The maximum Gasteiger partial charge on any atom is 0.306 e. The van der Waals surface area contributed by atoms with Gasteiger partial charge in [-0.05, 0) is 31.1 Å². The van der Waals surface area contributed by atoms with Gasteiger partial charge in [0.2, 0.25) is 0 Å². The molecule has 3 atom stereocenters. The minimum atomic E-state index is -0.162. The van der Waals surface area contributed by atoms with Gasteiger partial charge in [-0.2, -0.15) is 0 Å². The molecule has 2 fully saturated rings. The van der Waals surface area contributed by atoms with Gasteiger partial charge in [-0.15, -0.1) is 11.8 Å². The highest BCUT2D eigenvalue weighted by Crippen LogP contribution is 2.34. The molecule has 1 saturated carbocycles. The number of carbonyl (C=O) groups is 2. The molecule has 2 aliphatic rings. The molecule has 0 amide bonds. The second kappa shape index (κ2) is 15.1. The first-order valence-corrected chi connectivity index (χ1v) is 13.6. The number of nitrogens with zero attached hydrogens (tertiary/aromatic N) is 1. The summed E-state index contributed by atoms with van der Waals surface area (Å²) in [5.41, 5.74) is 1.14. The van der Waals surface area contributed by atoms with E-state index in [-0.39, 0.29) is 29.8 Å². The van der Waals surface area contributed by atoms with Crippen molar-refractivity contribution >= 4 is 29.6 Å². The number of rotatable bonds is 13. The summed E-state index contributed by atoms with van der Waals surface area (Å²) in [7, 11) is 0. The fourth-order valence-corrected chi connectivity index (χ4v) is 4.87. The predicted octanol–water partition coefficient (Wildman–Crippen LogP) is 4.36. The smallest absolute Gasteiger partial charge is 0.306 e. The summed E-state index contributed by atoms with van der Waals surface area (Å²) in [6.07, 6.45) is 13.4. The number of hydrogen-bond acceptors (Lipinski definition) is 7. The molecule has 1 aromatic rings. The monoisotopic (exact) mass is 487 g/mol. The van der Waals surface area contributed by atoms with Crippen LogP contribution in [-0.2, 0) is 23.8 Å². The van der Waals surface area contributed by atoms with Gasteiger partial charge < -0.3 is 14.2 Å². The second-order valence-electron chi connectivity index (χ2n) is 8.62. The van der Waals surface area contributed by atoms with Crippen LogP contribution in [0.25, 0.3) is 6.08 Å². The third-order valence-electron chi connectivity index (χ3n) is 6.26. The van der Waals surface area contributed by atoms with Crippen LogP contribution in [0.1, 0.15) is 37.7 Å². The Balaban J connectivity index is 1.52. The van der Waals surface area contributed by atoms with Crippen LogP contribution >= 0.6 is 11.8 Å². The van der Waals surface area contributed by atoms with Gasteiger partial charge in [-0.3, -0.25) is 14.5 Å². The van der Waals surface area contributed by atoms with Gasteiger partial charge in [0.25, 0.3) is 0 Å². The zero-order valence-electron chi connectivity index (χ0n) is 20.1. The van der Waals surface area contributed by atoms with Crippen LogP contribution in [0, 0.1) is 5.92 Å². The Labute approximate surface area is 207 Å². The lowest BCUT2D eigenvalue weighted by molar-refractivity contribution is -0.141. The van der Waals surface area contributed by atoms with E-state index in [4.69, 9.17) is 14.2 Å². The van der Waals surface area contributed by atoms with Crippen LogP contribution in [0.5, 0.6) is 0 Å². The summed E-state index contributed by atoms with van der Waals surface area (Å²) >= 11 is 1.49. The first-order chi connectivity index (χ1) is 16.7. The molecule has 1 aliphatic carbocycles. The topological polar surface area (TPSA) is 65.1 Å². The summed E-state index contributed by atoms with van der Waals surface area (Å²) in [6.45, 7) is 3.43. The summed E-state index contributed by atoms with van der Waals surface area (Å²) in [5, 5.41) is 0. The molecule has 3 rings (SSSR count). The summed E-state index contributed by atoms with van der Waals surface area (Å²) in [5.74, 6) is 0.685. The molecule has 1 heterocycles. The molecule has 0 aromatic heterocycles. The maximum absolute atomic E-state index is 13.0. The molecule has 0 spiro atoms. The molecular formula is C27H37NO5S. The van der Waals surface area contributed by atoms with E-state index in [0.29, 0.717) is 45.0 Å². The van der Waals surface area contributed by atoms with Gasteiger partial charge >= 0.3 is 5.97 Å². The van der Waals surface area contributed by atoms with Gasteiger partial charge in [-0.1, -0.05) is 54.6 Å². The zero-order valence-corrected chi connectivity index (χ0v) is 20.9. The molecule has 0 N–H and O–H groups in total. The van der Waals surface area contributed by atoms with Crippen LogP contribution < -0.4 is 0 Å². The van der Waals surface area contributed by atoms with Crippen molar-refractivity contribution in [2.75, 3.05) is 45.1 Å². The Morgan fingerprint density at radius 1 is 1.15 bits per heavy atom. The van der Waals surface area contributed by atoms with Crippen molar-refractivity contribution in [2.45, 2.75) is 44.2 Å². The Bertz CT molecular complexity index is 806. The van der Waals surface area contributed by atoms with Crippen LogP contribution in [0.2, 0.25) is 0 Å². The van der Waals surface area contributed by atoms with Crippen LogP contribution in [0.3, 0.4) is 0 Å². The van der Waals surface area contributed by atoms with Gasteiger partial charge in [-0.25, -0.2) is 0 Å². The first kappa shape index (κ1) is 26.7. The number of morpholine rings is 1. The molecular weight excluding hydrogens is 450 g/mol. The Hall–Kier alpha value is -1.93. The summed E-state index contributed by atoms with van der Waals surface area (Å²) in [6, 6.07) is 10.0. The Kier molecular flexibility index (Phi) is 11.9. The van der Waals surface area contributed by atoms with E-state index in [0.717, 1.165) is 31.5 Å². The van der Waals surface area contributed by atoms with Crippen molar-refractivity contribution < 1.29 is 23.8 Å². The average molecular weight is 488 g/mol. The van der Waals surface area contributed by atoms with E-state index >= 15 is 0 Å². The molecule has 186 valence electrons. The van der Waals surface area contributed by atoms with Crippen LogP contribution in [0.15, 0.2) is 48.6 Å². The average Bonchev–Trinajstić information content (AvgIpc) is 3.18. The number of ketones is 1. The number of hydrogen-bond donors (Lipinski definition) is 0. The van der Waals surface area contributed by atoms with Crippen LogP contribution in [0.4, 0.5) is 0 Å². The molecule has 1 aromatic carbocycles. The van der Waals surface area contributed by atoms with E-state index < -0.39 is 0 Å². The molecule has 1 saturated heterocycles. The van der Waals surface area contributed by atoms with Crippen molar-refractivity contribution in [1.82, 2.24) is 4.90 Å². The maximum atomic E-state index is 13.0. The number of Topliss-reactive ketones (excluding diaryl/α,β-unsaturated/α-hetero) is 1. The number of thioether (sulfide) groups is 1. The number of allylic oxidation sites excluding steroid dienone is 2. The lowest BCUT2D eigenvalue weighted by Gasteiger charge is -2.35. The van der Waals surface area contributed by atoms with Gasteiger partial charge in [0, 0.05) is 31.8 Å². The van der Waals surface area contributed by atoms with Crippen molar-refractivity contribution in [3.8, 4) is 0 Å². The quantitative estimate of drug-likeness (QED) is 0.233. The predicted molar refractivity (Wildman–Crippen MR) is 137 cm³/mol. The molecule has 0 bridgehead atoms. The molecule has 6 nitrogen and oxygen atoms in total. The van der Waals surface area contributed by atoms with Gasteiger partial charge in [0.1, 0.15) is 5.94 Å².